The van der Waals surface area contributed by atoms with Crippen LogP contribution in [0.25, 0.3) is 0 Å². The van der Waals surface area contributed by atoms with Crippen molar-refractivity contribution in [2.24, 2.45) is 5.92 Å². The first-order valence-corrected chi connectivity index (χ1v) is 5.96. The highest BCUT2D eigenvalue weighted by molar-refractivity contribution is 6.04. The average molecular weight is 264 g/mol. The number of benzene rings is 1. The molecule has 1 fully saturated rings. The highest BCUT2D eigenvalue weighted by Crippen LogP contribution is 2.32. The third kappa shape index (κ3) is 2.39. The summed E-state index contributed by atoms with van der Waals surface area (Å²) in [5.41, 5.74) is 6.88. The molecule has 1 aromatic carbocycles. The van der Waals surface area contributed by atoms with Gasteiger partial charge < -0.3 is 20.5 Å². The van der Waals surface area contributed by atoms with Gasteiger partial charge in [0.25, 0.3) is 0 Å². The molecule has 2 rings (SSSR count). The molecular weight excluding hydrogens is 248 g/mol. The smallest absolute Gasteiger partial charge is 0.340 e. The molecule has 1 saturated heterocycles. The predicted octanol–water partition coefficient (Wildman–Crippen LogP) is 0.401. The number of aliphatic hydroxyl groups is 1. The van der Waals surface area contributed by atoms with Crippen LogP contribution in [0.1, 0.15) is 16.8 Å². The monoisotopic (exact) mass is 264 g/mol. The van der Waals surface area contributed by atoms with E-state index in [2.05, 4.69) is 4.74 Å². The van der Waals surface area contributed by atoms with Gasteiger partial charge >= 0.3 is 5.97 Å². The molecule has 0 aromatic heterocycles. The Kier molecular flexibility index (Phi) is 3.71. The van der Waals surface area contributed by atoms with Crippen molar-refractivity contribution in [1.82, 2.24) is 0 Å². The minimum Gasteiger partial charge on any atom is -0.465 e. The van der Waals surface area contributed by atoms with E-state index < -0.39 is 5.97 Å². The second-order valence-corrected chi connectivity index (χ2v) is 4.49. The second-order valence-electron chi connectivity index (χ2n) is 4.49. The highest BCUT2D eigenvalue weighted by Gasteiger charge is 2.31. The number of esters is 1. The summed E-state index contributed by atoms with van der Waals surface area (Å²) >= 11 is 0. The fourth-order valence-electron chi connectivity index (χ4n) is 2.21. The second kappa shape index (κ2) is 5.27. The van der Waals surface area contributed by atoms with Crippen LogP contribution >= 0.6 is 0 Å². The van der Waals surface area contributed by atoms with Gasteiger partial charge in [-0.1, -0.05) is 6.07 Å². The molecular formula is C13H16N2O4. The van der Waals surface area contributed by atoms with Crippen molar-refractivity contribution >= 4 is 23.3 Å². The van der Waals surface area contributed by atoms with E-state index in [1.165, 1.54) is 12.0 Å². The number of anilines is 2. The number of nitrogen functional groups attached to an aromatic ring is 1. The van der Waals surface area contributed by atoms with Crippen LogP contribution in [0.2, 0.25) is 0 Å². The van der Waals surface area contributed by atoms with Gasteiger partial charge in [-0.05, 0) is 12.1 Å². The molecule has 1 amide bonds. The lowest BCUT2D eigenvalue weighted by Gasteiger charge is -2.19. The third-order valence-corrected chi connectivity index (χ3v) is 3.24. The number of amides is 1. The highest BCUT2D eigenvalue weighted by atomic mass is 16.5. The molecule has 1 aliphatic rings. The van der Waals surface area contributed by atoms with E-state index in [1.807, 2.05) is 0 Å². The number of aliphatic hydroxyl groups excluding tert-OH is 1. The number of carbonyl (C=O) groups excluding carboxylic acids is 2. The van der Waals surface area contributed by atoms with Crippen molar-refractivity contribution in [2.45, 2.75) is 6.42 Å². The number of rotatable bonds is 3. The minimum atomic E-state index is -0.537. The van der Waals surface area contributed by atoms with Gasteiger partial charge in [0.2, 0.25) is 5.91 Å². The molecule has 0 aliphatic carbocycles. The van der Waals surface area contributed by atoms with E-state index in [1.54, 1.807) is 18.2 Å². The Morgan fingerprint density at radius 2 is 2.32 bits per heavy atom. The van der Waals surface area contributed by atoms with Crippen LogP contribution in [0, 0.1) is 5.92 Å². The summed E-state index contributed by atoms with van der Waals surface area (Å²) in [6, 6.07) is 4.88. The van der Waals surface area contributed by atoms with Crippen LogP contribution in [-0.2, 0) is 9.53 Å². The number of para-hydroxylation sites is 1. The Morgan fingerprint density at radius 3 is 2.89 bits per heavy atom. The maximum Gasteiger partial charge on any atom is 0.340 e. The number of hydrogen-bond donors (Lipinski definition) is 2. The number of hydrogen-bond acceptors (Lipinski definition) is 5. The SMILES string of the molecule is COC(=O)c1cccc(N2CC(CO)CC2=O)c1N. The predicted molar refractivity (Wildman–Crippen MR) is 69.7 cm³/mol. The average Bonchev–Trinajstić information content (AvgIpc) is 2.79. The Hall–Kier alpha value is -2.08. The summed E-state index contributed by atoms with van der Waals surface area (Å²) in [6.07, 6.45) is 0.290. The molecule has 102 valence electrons. The number of nitrogens with two attached hydrogens (primary N) is 1. The summed E-state index contributed by atoms with van der Waals surface area (Å²) in [7, 11) is 1.28. The zero-order valence-corrected chi connectivity index (χ0v) is 10.6. The van der Waals surface area contributed by atoms with Crippen LogP contribution in [0.3, 0.4) is 0 Å². The lowest BCUT2D eigenvalue weighted by Crippen LogP contribution is -2.26. The molecule has 6 nitrogen and oxygen atoms in total. The molecule has 0 spiro atoms. The molecule has 1 aliphatic heterocycles. The first-order valence-electron chi connectivity index (χ1n) is 5.96. The van der Waals surface area contributed by atoms with Gasteiger partial charge in [-0.15, -0.1) is 0 Å². The summed E-state index contributed by atoms with van der Waals surface area (Å²) < 4.78 is 4.64. The molecule has 0 bridgehead atoms. The largest absolute Gasteiger partial charge is 0.465 e. The zero-order chi connectivity index (χ0) is 14.0. The molecule has 1 unspecified atom stereocenters. The van der Waals surface area contributed by atoms with Gasteiger partial charge in [0.05, 0.1) is 24.0 Å². The number of nitrogens with zero attached hydrogens (tertiary/aromatic N) is 1. The summed E-state index contributed by atoms with van der Waals surface area (Å²) in [5.74, 6) is -0.730. The number of ether oxygens (including phenoxy) is 1. The Labute approximate surface area is 110 Å². The molecule has 3 N–H and O–H groups in total. The van der Waals surface area contributed by atoms with E-state index in [0.717, 1.165) is 0 Å². The fourth-order valence-corrected chi connectivity index (χ4v) is 2.21. The van der Waals surface area contributed by atoms with Crippen molar-refractivity contribution < 1.29 is 19.4 Å². The van der Waals surface area contributed by atoms with Crippen LogP contribution in [0.5, 0.6) is 0 Å². The Balaban J connectivity index is 2.36. The normalized spacial score (nSPS) is 18.7. The molecule has 6 heteroatoms. The molecule has 19 heavy (non-hydrogen) atoms. The minimum absolute atomic E-state index is 0.0428. The van der Waals surface area contributed by atoms with E-state index >= 15 is 0 Å². The van der Waals surface area contributed by atoms with Crippen LogP contribution in [-0.4, -0.2) is 37.2 Å². The Bertz CT molecular complexity index is 515. The third-order valence-electron chi connectivity index (χ3n) is 3.24. The topological polar surface area (TPSA) is 92.9 Å². The lowest BCUT2D eigenvalue weighted by atomic mass is 10.1. The van der Waals surface area contributed by atoms with Crippen molar-refractivity contribution in [1.29, 1.82) is 0 Å². The van der Waals surface area contributed by atoms with Gasteiger partial charge in [0.15, 0.2) is 0 Å². The molecule has 1 heterocycles. The molecule has 1 atom stereocenters. The van der Waals surface area contributed by atoms with E-state index in [-0.39, 0.29) is 29.7 Å². The maximum absolute atomic E-state index is 11.9. The fraction of sp³-hybridized carbons (Fsp3) is 0.385. The molecule has 0 radical (unpaired) electrons. The zero-order valence-electron chi connectivity index (χ0n) is 10.6. The van der Waals surface area contributed by atoms with E-state index in [9.17, 15) is 9.59 Å². The Morgan fingerprint density at radius 1 is 1.58 bits per heavy atom. The van der Waals surface area contributed by atoms with Crippen LogP contribution < -0.4 is 10.6 Å². The van der Waals surface area contributed by atoms with E-state index in [4.69, 9.17) is 10.8 Å². The van der Waals surface area contributed by atoms with Gasteiger partial charge in [-0.3, -0.25) is 4.79 Å². The van der Waals surface area contributed by atoms with Gasteiger partial charge in [0, 0.05) is 25.5 Å². The lowest BCUT2D eigenvalue weighted by molar-refractivity contribution is -0.117. The van der Waals surface area contributed by atoms with Crippen molar-refractivity contribution in [3.05, 3.63) is 23.8 Å². The van der Waals surface area contributed by atoms with Gasteiger partial charge in [0.1, 0.15) is 0 Å². The molecule has 0 saturated carbocycles. The van der Waals surface area contributed by atoms with Crippen molar-refractivity contribution in [3.8, 4) is 0 Å². The first-order chi connectivity index (χ1) is 9.08. The quantitative estimate of drug-likeness (QED) is 0.609. The summed E-state index contributed by atoms with van der Waals surface area (Å²) in [6.45, 7) is 0.364. The summed E-state index contributed by atoms with van der Waals surface area (Å²) in [4.78, 5) is 25.0. The molecule has 1 aromatic rings. The van der Waals surface area contributed by atoms with Gasteiger partial charge in [-0.2, -0.15) is 0 Å². The maximum atomic E-state index is 11.9. The first kappa shape index (κ1) is 13.4. The number of methoxy groups -OCH3 is 1. The number of carbonyl (C=O) groups is 2. The van der Waals surface area contributed by atoms with Crippen molar-refractivity contribution in [2.75, 3.05) is 30.9 Å². The van der Waals surface area contributed by atoms with Crippen molar-refractivity contribution in [3.63, 3.8) is 0 Å². The standard InChI is InChI=1S/C13H16N2O4/c1-19-13(18)9-3-2-4-10(12(9)14)15-6-8(7-16)5-11(15)17/h2-4,8,16H,5-7,14H2,1H3. The van der Waals surface area contributed by atoms with Crippen LogP contribution in [0.15, 0.2) is 18.2 Å². The van der Waals surface area contributed by atoms with Gasteiger partial charge in [-0.25, -0.2) is 4.79 Å². The van der Waals surface area contributed by atoms with E-state index in [0.29, 0.717) is 18.7 Å². The van der Waals surface area contributed by atoms with Crippen LogP contribution in [0.4, 0.5) is 11.4 Å². The summed E-state index contributed by atoms with van der Waals surface area (Å²) in [5, 5.41) is 9.11.